The molecule has 0 aliphatic carbocycles. The number of aliphatic carboxylic acids is 1. The lowest BCUT2D eigenvalue weighted by molar-refractivity contribution is -0.141. The summed E-state index contributed by atoms with van der Waals surface area (Å²) in [6.07, 6.45) is 0. The largest absolute Gasteiger partial charge is 0.481 e. The van der Waals surface area contributed by atoms with Crippen molar-refractivity contribution >= 4 is 23.2 Å². The van der Waals surface area contributed by atoms with E-state index in [1.54, 1.807) is 32.2 Å². The van der Waals surface area contributed by atoms with Gasteiger partial charge in [-0.2, -0.15) is 0 Å². The van der Waals surface area contributed by atoms with Crippen molar-refractivity contribution < 1.29 is 19.1 Å². The Morgan fingerprint density at radius 2 is 1.91 bits per heavy atom. The smallest absolute Gasteiger partial charge is 0.308 e. The Morgan fingerprint density at radius 3 is 2.48 bits per heavy atom. The Hall–Kier alpha value is -2.21. The SMILES string of the molecule is Cc1sc(C(=O)N(C)CC(C)C(=O)O)cc1-c1ccc(F)cc1. The van der Waals surface area contributed by atoms with Gasteiger partial charge in [0.05, 0.1) is 10.8 Å². The van der Waals surface area contributed by atoms with Crippen LogP contribution in [0.25, 0.3) is 11.1 Å². The minimum Gasteiger partial charge on any atom is -0.481 e. The van der Waals surface area contributed by atoms with E-state index in [1.807, 2.05) is 6.92 Å². The summed E-state index contributed by atoms with van der Waals surface area (Å²) in [4.78, 5) is 26.3. The van der Waals surface area contributed by atoms with Crippen LogP contribution >= 0.6 is 11.3 Å². The molecular weight excluding hydrogens is 317 g/mol. The zero-order chi connectivity index (χ0) is 17.1. The number of nitrogens with zero attached hydrogens (tertiary/aromatic N) is 1. The number of hydrogen-bond donors (Lipinski definition) is 1. The Kier molecular flexibility index (Phi) is 5.15. The molecule has 1 atom stereocenters. The summed E-state index contributed by atoms with van der Waals surface area (Å²) in [5.41, 5.74) is 1.73. The summed E-state index contributed by atoms with van der Waals surface area (Å²) in [7, 11) is 1.59. The zero-order valence-corrected chi connectivity index (χ0v) is 14.0. The van der Waals surface area contributed by atoms with Crippen LogP contribution in [0.15, 0.2) is 30.3 Å². The van der Waals surface area contributed by atoms with Gasteiger partial charge in [-0.05, 0) is 36.2 Å². The topological polar surface area (TPSA) is 57.6 Å². The maximum atomic E-state index is 13.0. The van der Waals surface area contributed by atoms with Crippen molar-refractivity contribution in [3.05, 3.63) is 45.9 Å². The number of carboxylic acid groups (broad SMARTS) is 1. The molecule has 1 unspecified atom stereocenters. The van der Waals surface area contributed by atoms with Crippen LogP contribution in [0.2, 0.25) is 0 Å². The van der Waals surface area contributed by atoms with Gasteiger partial charge in [0.1, 0.15) is 5.82 Å². The number of hydrogen-bond acceptors (Lipinski definition) is 3. The monoisotopic (exact) mass is 335 g/mol. The fourth-order valence-electron chi connectivity index (χ4n) is 2.26. The van der Waals surface area contributed by atoms with E-state index in [0.29, 0.717) is 4.88 Å². The molecule has 0 aliphatic rings. The Labute approximate surface area is 138 Å². The van der Waals surface area contributed by atoms with Crippen molar-refractivity contribution in [2.75, 3.05) is 13.6 Å². The molecule has 6 heteroatoms. The highest BCUT2D eigenvalue weighted by Crippen LogP contribution is 2.31. The van der Waals surface area contributed by atoms with E-state index < -0.39 is 11.9 Å². The van der Waals surface area contributed by atoms with Crippen LogP contribution in [0.3, 0.4) is 0 Å². The van der Waals surface area contributed by atoms with Crippen LogP contribution in [0.4, 0.5) is 4.39 Å². The summed E-state index contributed by atoms with van der Waals surface area (Å²) < 4.78 is 13.0. The third kappa shape index (κ3) is 3.96. The number of aryl methyl sites for hydroxylation is 1. The Morgan fingerprint density at radius 1 is 1.30 bits per heavy atom. The molecule has 0 radical (unpaired) electrons. The minimum absolute atomic E-state index is 0.150. The highest BCUT2D eigenvalue weighted by Gasteiger charge is 2.21. The van der Waals surface area contributed by atoms with Gasteiger partial charge in [0.15, 0.2) is 0 Å². The first-order valence-electron chi connectivity index (χ1n) is 7.14. The summed E-state index contributed by atoms with van der Waals surface area (Å²) in [5, 5.41) is 8.94. The predicted molar refractivity (Wildman–Crippen MR) is 88.2 cm³/mol. The van der Waals surface area contributed by atoms with Gasteiger partial charge >= 0.3 is 5.97 Å². The second-order valence-electron chi connectivity index (χ2n) is 5.51. The van der Waals surface area contributed by atoms with E-state index >= 15 is 0 Å². The summed E-state index contributed by atoms with van der Waals surface area (Å²) in [6, 6.07) is 7.89. The van der Waals surface area contributed by atoms with Gasteiger partial charge in [0, 0.05) is 18.5 Å². The number of carboxylic acids is 1. The number of amides is 1. The summed E-state index contributed by atoms with van der Waals surface area (Å²) in [6.45, 7) is 3.62. The van der Waals surface area contributed by atoms with Crippen LogP contribution in [-0.2, 0) is 4.79 Å². The minimum atomic E-state index is -0.931. The van der Waals surface area contributed by atoms with Gasteiger partial charge in [-0.15, -0.1) is 11.3 Å². The molecule has 1 aromatic carbocycles. The third-order valence-corrected chi connectivity index (χ3v) is 4.64. The molecule has 0 saturated carbocycles. The number of carbonyl (C=O) groups excluding carboxylic acids is 1. The highest BCUT2D eigenvalue weighted by molar-refractivity contribution is 7.14. The van der Waals surface area contributed by atoms with Crippen LogP contribution in [-0.4, -0.2) is 35.5 Å². The van der Waals surface area contributed by atoms with Gasteiger partial charge in [-0.3, -0.25) is 9.59 Å². The standard InChI is InChI=1S/C17H18FNO3S/c1-10(17(21)22)9-19(3)16(20)15-8-14(11(2)23-15)12-4-6-13(18)7-5-12/h4-8,10H,9H2,1-3H3,(H,21,22). The van der Waals surface area contributed by atoms with Crippen molar-refractivity contribution in [3.63, 3.8) is 0 Å². The van der Waals surface area contributed by atoms with Gasteiger partial charge < -0.3 is 10.0 Å². The molecule has 1 N–H and O–H groups in total. The number of thiophene rings is 1. The molecule has 1 aromatic heterocycles. The first-order chi connectivity index (χ1) is 10.8. The molecule has 4 nitrogen and oxygen atoms in total. The number of halogens is 1. The average Bonchev–Trinajstić information content (AvgIpc) is 2.89. The molecule has 0 fully saturated rings. The van der Waals surface area contributed by atoms with Crippen molar-refractivity contribution in [2.45, 2.75) is 13.8 Å². The molecule has 0 aliphatic heterocycles. The van der Waals surface area contributed by atoms with Crippen molar-refractivity contribution in [1.82, 2.24) is 4.90 Å². The third-order valence-electron chi connectivity index (χ3n) is 3.60. The first-order valence-corrected chi connectivity index (χ1v) is 7.96. The molecule has 122 valence electrons. The molecular formula is C17H18FNO3S. The molecule has 0 bridgehead atoms. The van der Waals surface area contributed by atoms with E-state index in [-0.39, 0.29) is 18.3 Å². The lowest BCUT2D eigenvalue weighted by atomic mass is 10.1. The van der Waals surface area contributed by atoms with Gasteiger partial charge in [-0.1, -0.05) is 19.1 Å². The first kappa shape index (κ1) is 17.1. The molecule has 0 saturated heterocycles. The van der Waals surface area contributed by atoms with Crippen LogP contribution in [0.1, 0.15) is 21.5 Å². The normalized spacial score (nSPS) is 12.0. The van der Waals surface area contributed by atoms with Gasteiger partial charge in [0.2, 0.25) is 0 Å². The van der Waals surface area contributed by atoms with E-state index in [9.17, 15) is 14.0 Å². The predicted octanol–water partition coefficient (Wildman–Crippen LogP) is 3.66. The fourth-order valence-corrected chi connectivity index (χ4v) is 3.30. The maximum absolute atomic E-state index is 13.0. The molecule has 1 amide bonds. The van der Waals surface area contributed by atoms with Crippen LogP contribution < -0.4 is 0 Å². The molecule has 1 heterocycles. The number of carbonyl (C=O) groups is 2. The van der Waals surface area contributed by atoms with Gasteiger partial charge in [-0.25, -0.2) is 4.39 Å². The van der Waals surface area contributed by atoms with E-state index in [1.165, 1.54) is 28.4 Å². The zero-order valence-electron chi connectivity index (χ0n) is 13.2. The number of rotatable bonds is 5. The molecule has 0 spiro atoms. The average molecular weight is 335 g/mol. The lowest BCUT2D eigenvalue weighted by Gasteiger charge is -2.18. The van der Waals surface area contributed by atoms with E-state index in [2.05, 4.69) is 0 Å². The van der Waals surface area contributed by atoms with Crippen molar-refractivity contribution in [1.29, 1.82) is 0 Å². The number of benzene rings is 1. The second-order valence-corrected chi connectivity index (χ2v) is 6.77. The van der Waals surface area contributed by atoms with Crippen molar-refractivity contribution in [2.24, 2.45) is 5.92 Å². The molecule has 2 aromatic rings. The quantitative estimate of drug-likeness (QED) is 0.907. The lowest BCUT2D eigenvalue weighted by Crippen LogP contribution is -2.33. The van der Waals surface area contributed by atoms with Crippen LogP contribution in [0, 0.1) is 18.7 Å². The summed E-state index contributed by atoms with van der Waals surface area (Å²) in [5.74, 6) is -2.07. The van der Waals surface area contributed by atoms with Gasteiger partial charge in [0.25, 0.3) is 5.91 Å². The van der Waals surface area contributed by atoms with Crippen molar-refractivity contribution in [3.8, 4) is 11.1 Å². The fraction of sp³-hybridized carbons (Fsp3) is 0.294. The Bertz CT molecular complexity index is 724. The highest BCUT2D eigenvalue weighted by atomic mass is 32.1. The van der Waals surface area contributed by atoms with E-state index in [4.69, 9.17) is 5.11 Å². The molecule has 2 rings (SSSR count). The second kappa shape index (κ2) is 6.91. The summed E-state index contributed by atoms with van der Waals surface area (Å²) >= 11 is 1.35. The maximum Gasteiger partial charge on any atom is 0.308 e. The van der Waals surface area contributed by atoms with E-state index in [0.717, 1.165) is 16.0 Å². The van der Waals surface area contributed by atoms with Crippen LogP contribution in [0.5, 0.6) is 0 Å². The Balaban J connectivity index is 2.21. The molecule has 23 heavy (non-hydrogen) atoms.